The predicted octanol–water partition coefficient (Wildman–Crippen LogP) is 2.61. The van der Waals surface area contributed by atoms with Crippen LogP contribution < -0.4 is 10.6 Å². The minimum Gasteiger partial charge on any atom is -0.346 e. The van der Waals surface area contributed by atoms with Crippen LogP contribution in [-0.2, 0) is 11.8 Å². The fourth-order valence-corrected chi connectivity index (χ4v) is 3.21. The summed E-state index contributed by atoms with van der Waals surface area (Å²) in [6.45, 7) is 5.65. The number of hydrogen-bond donors (Lipinski definition) is 3. The molecule has 178 valence electrons. The number of ketones is 1. The van der Waals surface area contributed by atoms with E-state index in [4.69, 9.17) is 5.26 Å². The van der Waals surface area contributed by atoms with E-state index >= 15 is 0 Å². The first-order chi connectivity index (χ1) is 15.5. The lowest BCUT2D eigenvalue weighted by atomic mass is 9.85. The van der Waals surface area contributed by atoms with Gasteiger partial charge in [-0.25, -0.2) is 4.39 Å². The lowest BCUT2D eigenvalue weighted by Crippen LogP contribution is -2.40. The molecular formula is C22H24FN7O3S. The van der Waals surface area contributed by atoms with Gasteiger partial charge in [-0.1, -0.05) is 20.8 Å². The standard InChI is InChI=1S/C22H22FN7O3.H2S/c1-22(2,3)19(16-10-25-29-28-16)27-21(33)18(31)13-8-17(30(4)11-13)20(32)26-14-5-6-15(23)12(7-14)9-24;/h5-8,10-11,19H,1-4H3,(H,26,32)(H,27,33)(H,25,28,29);1H2. The molecule has 1 unspecified atom stereocenters. The number of carbonyl (C=O) groups is 3. The fraction of sp³-hybridized carbons (Fsp3) is 0.273. The van der Waals surface area contributed by atoms with Crippen molar-refractivity contribution in [1.29, 1.82) is 5.26 Å². The topological polar surface area (TPSA) is 146 Å². The summed E-state index contributed by atoms with van der Waals surface area (Å²) in [5.74, 6) is -2.97. The molecule has 0 aliphatic carbocycles. The summed E-state index contributed by atoms with van der Waals surface area (Å²) in [6.07, 6.45) is 2.84. The normalized spacial score (nSPS) is 11.6. The monoisotopic (exact) mass is 485 g/mol. The second-order valence-corrected chi connectivity index (χ2v) is 8.48. The van der Waals surface area contributed by atoms with Crippen LogP contribution in [0.2, 0.25) is 0 Å². The van der Waals surface area contributed by atoms with E-state index in [0.29, 0.717) is 5.69 Å². The third-order valence-corrected chi connectivity index (χ3v) is 4.92. The molecule has 1 atom stereocenters. The summed E-state index contributed by atoms with van der Waals surface area (Å²) >= 11 is 0. The van der Waals surface area contributed by atoms with E-state index in [2.05, 4.69) is 26.0 Å². The molecule has 0 spiro atoms. The number of aromatic amines is 1. The summed E-state index contributed by atoms with van der Waals surface area (Å²) in [5, 5.41) is 24.4. The van der Waals surface area contributed by atoms with Crippen LogP contribution in [0.4, 0.5) is 10.1 Å². The number of aromatic nitrogens is 4. The summed E-state index contributed by atoms with van der Waals surface area (Å²) < 4.78 is 14.9. The first-order valence-corrected chi connectivity index (χ1v) is 9.89. The van der Waals surface area contributed by atoms with E-state index in [0.717, 1.165) is 6.07 Å². The lowest BCUT2D eigenvalue weighted by Gasteiger charge is -2.29. The van der Waals surface area contributed by atoms with E-state index in [9.17, 15) is 18.8 Å². The van der Waals surface area contributed by atoms with Crippen molar-refractivity contribution in [3.05, 3.63) is 65.0 Å². The average molecular weight is 486 g/mol. The van der Waals surface area contributed by atoms with E-state index in [-0.39, 0.29) is 36.0 Å². The van der Waals surface area contributed by atoms with Crippen molar-refractivity contribution in [2.75, 3.05) is 5.32 Å². The van der Waals surface area contributed by atoms with Crippen LogP contribution in [0.5, 0.6) is 0 Å². The molecule has 0 bridgehead atoms. The van der Waals surface area contributed by atoms with Gasteiger partial charge in [-0.2, -0.15) is 34.2 Å². The van der Waals surface area contributed by atoms with Crippen molar-refractivity contribution in [3.63, 3.8) is 0 Å². The second-order valence-electron chi connectivity index (χ2n) is 8.48. The number of rotatable bonds is 6. The zero-order valence-electron chi connectivity index (χ0n) is 18.9. The van der Waals surface area contributed by atoms with Crippen LogP contribution >= 0.6 is 13.5 Å². The second kappa shape index (κ2) is 10.3. The Balaban J connectivity index is 0.00000408. The van der Waals surface area contributed by atoms with Gasteiger partial charge in [-0.15, -0.1) is 0 Å². The molecule has 0 saturated carbocycles. The molecule has 3 N–H and O–H groups in total. The Bertz CT molecular complexity index is 1260. The number of hydrogen-bond acceptors (Lipinski definition) is 6. The highest BCUT2D eigenvalue weighted by Crippen LogP contribution is 2.31. The molecule has 1 aromatic carbocycles. The highest BCUT2D eigenvalue weighted by Gasteiger charge is 2.32. The van der Waals surface area contributed by atoms with Crippen LogP contribution in [0.3, 0.4) is 0 Å². The van der Waals surface area contributed by atoms with Gasteiger partial charge in [0.2, 0.25) is 0 Å². The van der Waals surface area contributed by atoms with Crippen molar-refractivity contribution in [3.8, 4) is 6.07 Å². The summed E-state index contributed by atoms with van der Waals surface area (Å²) in [5.41, 5.74) is 0.139. The van der Waals surface area contributed by atoms with Crippen LogP contribution in [-0.4, -0.2) is 37.6 Å². The highest BCUT2D eigenvalue weighted by molar-refractivity contribution is 7.59. The number of amides is 2. The number of nitriles is 1. The Kier molecular flexibility index (Phi) is 7.96. The van der Waals surface area contributed by atoms with Crippen LogP contribution in [0, 0.1) is 22.6 Å². The Labute approximate surface area is 202 Å². The van der Waals surface area contributed by atoms with Gasteiger partial charge in [0.1, 0.15) is 23.3 Å². The molecule has 10 nitrogen and oxygen atoms in total. The first-order valence-electron chi connectivity index (χ1n) is 9.89. The van der Waals surface area contributed by atoms with Gasteiger partial charge in [-0.3, -0.25) is 14.4 Å². The Morgan fingerprint density at radius 3 is 2.53 bits per heavy atom. The van der Waals surface area contributed by atoms with Crippen molar-refractivity contribution < 1.29 is 18.8 Å². The van der Waals surface area contributed by atoms with E-state index < -0.39 is 34.9 Å². The van der Waals surface area contributed by atoms with Crippen molar-refractivity contribution in [2.24, 2.45) is 12.5 Å². The molecule has 0 saturated heterocycles. The van der Waals surface area contributed by atoms with E-state index in [1.165, 1.54) is 35.2 Å². The average Bonchev–Trinajstić information content (AvgIpc) is 3.41. The van der Waals surface area contributed by atoms with E-state index in [1.54, 1.807) is 13.1 Å². The van der Waals surface area contributed by atoms with Crippen LogP contribution in [0.15, 0.2) is 36.7 Å². The largest absolute Gasteiger partial charge is 0.346 e. The maximum atomic E-state index is 13.5. The summed E-state index contributed by atoms with van der Waals surface area (Å²) in [6, 6.07) is 5.99. The zero-order chi connectivity index (χ0) is 24.3. The minimum atomic E-state index is -0.854. The molecule has 3 aromatic rings. The SMILES string of the molecule is Cn1cc(C(=O)C(=O)NC(c2cn[nH]n2)C(C)(C)C)cc1C(=O)Nc1ccc(F)c(C#N)c1.S. The summed E-state index contributed by atoms with van der Waals surface area (Å²) in [4.78, 5) is 38.1. The molecule has 2 aromatic heterocycles. The van der Waals surface area contributed by atoms with Gasteiger partial charge in [0.25, 0.3) is 17.6 Å². The number of benzene rings is 1. The molecule has 0 aliphatic rings. The fourth-order valence-electron chi connectivity index (χ4n) is 3.21. The third-order valence-electron chi connectivity index (χ3n) is 4.92. The molecule has 0 aliphatic heterocycles. The van der Waals surface area contributed by atoms with Crippen LogP contribution in [0.25, 0.3) is 0 Å². The van der Waals surface area contributed by atoms with Crippen molar-refractivity contribution in [2.45, 2.75) is 26.8 Å². The van der Waals surface area contributed by atoms with Crippen LogP contribution in [0.1, 0.15) is 58.9 Å². The Morgan fingerprint density at radius 2 is 1.94 bits per heavy atom. The van der Waals surface area contributed by atoms with E-state index in [1.807, 2.05) is 20.8 Å². The number of Topliss-reactive ketones (excluding diaryl/α,β-unsaturated/α-hetero) is 1. The molecule has 0 fully saturated rings. The molecule has 12 heteroatoms. The van der Waals surface area contributed by atoms with Crippen molar-refractivity contribution in [1.82, 2.24) is 25.3 Å². The number of nitrogens with one attached hydrogen (secondary N) is 3. The predicted molar refractivity (Wildman–Crippen MR) is 126 cm³/mol. The molecule has 2 heterocycles. The molecule has 34 heavy (non-hydrogen) atoms. The highest BCUT2D eigenvalue weighted by atomic mass is 32.1. The van der Waals surface area contributed by atoms with Gasteiger partial charge in [0.15, 0.2) is 0 Å². The Morgan fingerprint density at radius 1 is 1.24 bits per heavy atom. The van der Waals surface area contributed by atoms with Gasteiger partial charge in [0, 0.05) is 24.5 Å². The number of nitrogens with zero attached hydrogens (tertiary/aromatic N) is 4. The maximum absolute atomic E-state index is 13.5. The number of H-pyrrole nitrogens is 1. The number of carbonyl (C=O) groups excluding carboxylic acids is 3. The van der Waals surface area contributed by atoms with Gasteiger partial charge >= 0.3 is 0 Å². The molecular weight excluding hydrogens is 461 g/mol. The smallest absolute Gasteiger partial charge is 0.293 e. The maximum Gasteiger partial charge on any atom is 0.293 e. The number of anilines is 1. The van der Waals surface area contributed by atoms with Gasteiger partial charge in [0.05, 0.1) is 17.8 Å². The number of halogens is 1. The van der Waals surface area contributed by atoms with Gasteiger partial charge in [-0.05, 0) is 29.7 Å². The Hall–Kier alpha value is -3.98. The minimum absolute atomic E-state index is 0. The lowest BCUT2D eigenvalue weighted by molar-refractivity contribution is -0.118. The van der Waals surface area contributed by atoms with Gasteiger partial charge < -0.3 is 15.2 Å². The first kappa shape index (κ1) is 26.3. The quantitative estimate of drug-likeness (QED) is 0.361. The number of aryl methyl sites for hydroxylation is 1. The summed E-state index contributed by atoms with van der Waals surface area (Å²) in [7, 11) is 1.54. The van der Waals surface area contributed by atoms with Crippen molar-refractivity contribution >= 4 is 36.8 Å². The molecule has 3 rings (SSSR count). The molecule has 2 amide bonds. The zero-order valence-corrected chi connectivity index (χ0v) is 19.9. The third kappa shape index (κ3) is 5.68. The molecule has 0 radical (unpaired) electrons.